The van der Waals surface area contributed by atoms with Crippen molar-refractivity contribution in [2.24, 2.45) is 0 Å². The molecule has 0 aromatic carbocycles. The molecule has 0 aliphatic carbocycles. The van der Waals surface area contributed by atoms with E-state index in [4.69, 9.17) is 4.42 Å². The van der Waals surface area contributed by atoms with Crippen molar-refractivity contribution in [3.63, 3.8) is 0 Å². The van der Waals surface area contributed by atoms with Crippen LogP contribution in [0.4, 0.5) is 0 Å². The van der Waals surface area contributed by atoms with Crippen molar-refractivity contribution in [3.8, 4) is 0 Å². The van der Waals surface area contributed by atoms with E-state index in [-0.39, 0.29) is 0 Å². The Morgan fingerprint density at radius 2 is 2.33 bits per heavy atom. The number of furan rings is 1. The molecule has 3 heteroatoms. The molecule has 2 aromatic heterocycles. The quantitative estimate of drug-likeness (QED) is 0.858. The molecule has 0 saturated carbocycles. The fraction of sp³-hybridized carbons (Fsp3) is 0.333. The van der Waals surface area contributed by atoms with Gasteiger partial charge in [-0.15, -0.1) is 11.3 Å². The zero-order valence-corrected chi connectivity index (χ0v) is 9.80. The predicted octanol–water partition coefficient (Wildman–Crippen LogP) is 3.15. The molecule has 0 fully saturated rings. The lowest BCUT2D eigenvalue weighted by atomic mass is 10.1. The van der Waals surface area contributed by atoms with Gasteiger partial charge < -0.3 is 9.73 Å². The van der Waals surface area contributed by atoms with Gasteiger partial charge in [-0.05, 0) is 43.1 Å². The summed E-state index contributed by atoms with van der Waals surface area (Å²) in [6.45, 7) is 2.15. The van der Waals surface area contributed by atoms with E-state index >= 15 is 0 Å². The molecular weight excluding hydrogens is 206 g/mol. The van der Waals surface area contributed by atoms with Gasteiger partial charge in [-0.25, -0.2) is 0 Å². The summed E-state index contributed by atoms with van der Waals surface area (Å²) in [6, 6.07) is 6.47. The van der Waals surface area contributed by atoms with Gasteiger partial charge in [0.25, 0.3) is 0 Å². The van der Waals surface area contributed by atoms with Crippen molar-refractivity contribution in [1.29, 1.82) is 0 Å². The fourth-order valence-corrected chi connectivity index (χ4v) is 2.74. The Kier molecular flexibility index (Phi) is 3.23. The van der Waals surface area contributed by atoms with Crippen molar-refractivity contribution in [1.82, 2.24) is 5.32 Å². The third-order valence-corrected chi connectivity index (χ3v) is 3.68. The van der Waals surface area contributed by atoms with Crippen LogP contribution >= 0.6 is 11.3 Å². The van der Waals surface area contributed by atoms with Crippen LogP contribution in [0, 0.1) is 6.92 Å². The first-order chi connectivity index (χ1) is 7.31. The lowest BCUT2D eigenvalue weighted by molar-refractivity contribution is 0.468. The van der Waals surface area contributed by atoms with Crippen molar-refractivity contribution in [2.45, 2.75) is 19.4 Å². The van der Waals surface area contributed by atoms with E-state index in [2.05, 4.69) is 23.7 Å². The summed E-state index contributed by atoms with van der Waals surface area (Å²) >= 11 is 1.80. The number of hydrogen-bond acceptors (Lipinski definition) is 3. The molecule has 0 spiro atoms. The first-order valence-corrected chi connectivity index (χ1v) is 5.93. The maximum absolute atomic E-state index is 5.37. The Hall–Kier alpha value is -1.06. The molecule has 0 aliphatic rings. The second-order valence-corrected chi connectivity index (χ2v) is 4.54. The Morgan fingerprint density at radius 3 is 2.87 bits per heavy atom. The van der Waals surface area contributed by atoms with Gasteiger partial charge in [-0.3, -0.25) is 0 Å². The largest absolute Gasteiger partial charge is 0.469 e. The lowest BCUT2D eigenvalue weighted by Gasteiger charge is -2.14. The Balaban J connectivity index is 2.15. The monoisotopic (exact) mass is 221 g/mol. The van der Waals surface area contributed by atoms with E-state index in [9.17, 15) is 0 Å². The maximum atomic E-state index is 5.37. The molecule has 1 atom stereocenters. The van der Waals surface area contributed by atoms with Gasteiger partial charge in [0.15, 0.2) is 0 Å². The summed E-state index contributed by atoms with van der Waals surface area (Å²) in [7, 11) is 1.99. The smallest absolute Gasteiger partial charge is 0.105 e. The highest BCUT2D eigenvalue weighted by Gasteiger charge is 2.14. The van der Waals surface area contributed by atoms with Crippen LogP contribution in [-0.4, -0.2) is 7.05 Å². The van der Waals surface area contributed by atoms with Gasteiger partial charge in [-0.1, -0.05) is 0 Å². The molecule has 0 amide bonds. The summed E-state index contributed by atoms with van der Waals surface area (Å²) in [5, 5.41) is 5.47. The van der Waals surface area contributed by atoms with E-state index in [0.717, 1.165) is 12.2 Å². The van der Waals surface area contributed by atoms with Gasteiger partial charge >= 0.3 is 0 Å². The highest BCUT2D eigenvalue weighted by molar-refractivity contribution is 7.10. The molecule has 0 radical (unpaired) electrons. The van der Waals surface area contributed by atoms with E-state index in [1.807, 2.05) is 19.2 Å². The molecule has 1 N–H and O–H groups in total. The Morgan fingerprint density at radius 1 is 1.47 bits per heavy atom. The zero-order valence-electron chi connectivity index (χ0n) is 8.99. The minimum absolute atomic E-state index is 0.358. The van der Waals surface area contributed by atoms with Gasteiger partial charge in [0.2, 0.25) is 0 Å². The SMILES string of the molecule is CNC(Cc1ccco1)c1sccc1C. The van der Waals surface area contributed by atoms with Crippen molar-refractivity contribution >= 4 is 11.3 Å². The lowest BCUT2D eigenvalue weighted by Crippen LogP contribution is -2.18. The zero-order chi connectivity index (χ0) is 10.7. The van der Waals surface area contributed by atoms with Gasteiger partial charge in [0.1, 0.15) is 5.76 Å². The Labute approximate surface area is 93.9 Å². The van der Waals surface area contributed by atoms with Gasteiger partial charge in [0, 0.05) is 17.3 Å². The fourth-order valence-electron chi connectivity index (χ4n) is 1.70. The van der Waals surface area contributed by atoms with Crippen LogP contribution in [0.1, 0.15) is 22.2 Å². The highest BCUT2D eigenvalue weighted by atomic mass is 32.1. The molecular formula is C12H15NOS. The molecule has 0 saturated heterocycles. The van der Waals surface area contributed by atoms with E-state index < -0.39 is 0 Å². The first kappa shape index (κ1) is 10.5. The number of rotatable bonds is 4. The standard InChI is InChI=1S/C12H15NOS/c1-9-5-7-15-12(9)11(13-2)8-10-4-3-6-14-10/h3-7,11,13H,8H2,1-2H3. The molecule has 2 nitrogen and oxygen atoms in total. The van der Waals surface area contributed by atoms with Crippen LogP contribution in [0.2, 0.25) is 0 Å². The van der Waals surface area contributed by atoms with Crippen LogP contribution in [0.5, 0.6) is 0 Å². The van der Waals surface area contributed by atoms with Crippen LogP contribution in [0.15, 0.2) is 34.3 Å². The van der Waals surface area contributed by atoms with E-state index in [1.54, 1.807) is 17.6 Å². The second kappa shape index (κ2) is 4.64. The number of hydrogen-bond donors (Lipinski definition) is 1. The minimum atomic E-state index is 0.358. The summed E-state index contributed by atoms with van der Waals surface area (Å²) in [6.07, 6.45) is 2.63. The van der Waals surface area contributed by atoms with Crippen molar-refractivity contribution in [3.05, 3.63) is 46.0 Å². The normalized spacial score (nSPS) is 12.9. The molecule has 1 unspecified atom stereocenters. The molecule has 2 heterocycles. The van der Waals surface area contributed by atoms with Crippen molar-refractivity contribution < 1.29 is 4.42 Å². The van der Waals surface area contributed by atoms with Crippen LogP contribution in [-0.2, 0) is 6.42 Å². The van der Waals surface area contributed by atoms with Gasteiger partial charge in [0.05, 0.1) is 6.26 Å². The summed E-state index contributed by atoms with van der Waals surface area (Å²) < 4.78 is 5.37. The number of likely N-dealkylation sites (N-methyl/N-ethyl adjacent to an activating group) is 1. The van der Waals surface area contributed by atoms with Crippen LogP contribution in [0.3, 0.4) is 0 Å². The molecule has 0 bridgehead atoms. The highest BCUT2D eigenvalue weighted by Crippen LogP contribution is 2.26. The third-order valence-electron chi connectivity index (χ3n) is 2.55. The maximum Gasteiger partial charge on any atom is 0.105 e. The molecule has 80 valence electrons. The van der Waals surface area contributed by atoms with E-state index in [1.165, 1.54) is 10.4 Å². The third kappa shape index (κ3) is 2.30. The molecule has 15 heavy (non-hydrogen) atoms. The van der Waals surface area contributed by atoms with Crippen LogP contribution < -0.4 is 5.32 Å². The van der Waals surface area contributed by atoms with Crippen LogP contribution in [0.25, 0.3) is 0 Å². The number of aryl methyl sites for hydroxylation is 1. The Bertz CT molecular complexity index is 405. The summed E-state index contributed by atoms with van der Waals surface area (Å²) in [5.41, 5.74) is 1.35. The average molecular weight is 221 g/mol. The first-order valence-electron chi connectivity index (χ1n) is 5.05. The van der Waals surface area contributed by atoms with Crippen molar-refractivity contribution in [2.75, 3.05) is 7.05 Å². The van der Waals surface area contributed by atoms with Gasteiger partial charge in [-0.2, -0.15) is 0 Å². The molecule has 0 aliphatic heterocycles. The summed E-state index contributed by atoms with van der Waals surface area (Å²) in [4.78, 5) is 1.40. The predicted molar refractivity (Wildman–Crippen MR) is 63.3 cm³/mol. The number of nitrogens with one attached hydrogen (secondary N) is 1. The minimum Gasteiger partial charge on any atom is -0.469 e. The van der Waals surface area contributed by atoms with E-state index in [0.29, 0.717) is 6.04 Å². The molecule has 2 rings (SSSR count). The number of thiophene rings is 1. The summed E-state index contributed by atoms with van der Waals surface area (Å²) in [5.74, 6) is 1.03. The topological polar surface area (TPSA) is 25.2 Å². The average Bonchev–Trinajstić information content (AvgIpc) is 2.85. The molecule has 2 aromatic rings. The second-order valence-electron chi connectivity index (χ2n) is 3.59.